The van der Waals surface area contributed by atoms with Crippen molar-refractivity contribution in [3.05, 3.63) is 71.3 Å². The summed E-state index contributed by atoms with van der Waals surface area (Å²) in [6.45, 7) is 1.30. The molecule has 31 heavy (non-hydrogen) atoms. The number of aromatic nitrogens is 2. The predicted octanol–water partition coefficient (Wildman–Crippen LogP) is 3.94. The highest BCUT2D eigenvalue weighted by Gasteiger charge is 2.31. The second kappa shape index (κ2) is 8.02. The molecule has 0 atom stereocenters. The molecule has 1 aromatic heterocycles. The molecule has 7 nitrogen and oxygen atoms in total. The summed E-state index contributed by atoms with van der Waals surface area (Å²) in [5.74, 6) is -1.77. The summed E-state index contributed by atoms with van der Waals surface area (Å²) in [4.78, 5) is 11.5. The lowest BCUT2D eigenvalue weighted by Crippen LogP contribution is -2.19. The number of halogens is 4. The van der Waals surface area contributed by atoms with Gasteiger partial charge in [-0.15, -0.1) is 0 Å². The number of hydrogen-bond donors (Lipinski definition) is 2. The van der Waals surface area contributed by atoms with Crippen LogP contribution in [0, 0.1) is 12.7 Å². The van der Waals surface area contributed by atoms with E-state index in [0.717, 1.165) is 24.3 Å². The van der Waals surface area contributed by atoms with Crippen LogP contribution in [0.3, 0.4) is 0 Å². The van der Waals surface area contributed by atoms with E-state index in [2.05, 4.69) is 10.4 Å². The van der Waals surface area contributed by atoms with E-state index in [4.69, 9.17) is 0 Å². The van der Waals surface area contributed by atoms with E-state index in [-0.39, 0.29) is 22.6 Å². The molecule has 3 rings (SSSR count). The zero-order valence-electron chi connectivity index (χ0n) is 16.2. The maximum absolute atomic E-state index is 14.7. The third-order valence-corrected chi connectivity index (χ3v) is 5.81. The van der Waals surface area contributed by atoms with Gasteiger partial charge in [0, 0.05) is 24.6 Å². The third-order valence-electron chi connectivity index (χ3n) is 4.25. The molecule has 0 unspecified atom stereocenters. The molecular formula is C19H16F4N4O3S. The number of rotatable bonds is 5. The van der Waals surface area contributed by atoms with Gasteiger partial charge in [-0.2, -0.15) is 18.3 Å². The van der Waals surface area contributed by atoms with Crippen LogP contribution in [-0.2, 0) is 23.2 Å². The Bertz CT molecular complexity index is 1230. The molecule has 2 aromatic carbocycles. The van der Waals surface area contributed by atoms with Gasteiger partial charge in [0.1, 0.15) is 16.4 Å². The molecule has 1 amide bonds. The van der Waals surface area contributed by atoms with E-state index in [1.54, 1.807) is 0 Å². The van der Waals surface area contributed by atoms with Gasteiger partial charge in [0.15, 0.2) is 0 Å². The third kappa shape index (κ3) is 4.85. The van der Waals surface area contributed by atoms with Gasteiger partial charge >= 0.3 is 6.18 Å². The van der Waals surface area contributed by atoms with Gasteiger partial charge in [0.25, 0.3) is 15.9 Å². The molecule has 0 fully saturated rings. The van der Waals surface area contributed by atoms with Crippen molar-refractivity contribution in [1.29, 1.82) is 0 Å². The lowest BCUT2D eigenvalue weighted by atomic mass is 10.2. The number of carbonyl (C=O) groups is 1. The molecule has 3 aromatic rings. The fraction of sp³-hybridized carbons (Fsp3) is 0.158. The van der Waals surface area contributed by atoms with Gasteiger partial charge in [-0.05, 0) is 48.9 Å². The number of alkyl halides is 3. The van der Waals surface area contributed by atoms with E-state index >= 15 is 0 Å². The van der Waals surface area contributed by atoms with Gasteiger partial charge in [0.2, 0.25) is 0 Å². The fourth-order valence-corrected chi connectivity index (χ4v) is 4.24. The van der Waals surface area contributed by atoms with E-state index < -0.39 is 38.4 Å². The Morgan fingerprint density at radius 2 is 1.81 bits per heavy atom. The average molecular weight is 456 g/mol. The molecule has 12 heteroatoms. The Labute approximate surface area is 174 Å². The fourth-order valence-electron chi connectivity index (χ4n) is 2.90. The van der Waals surface area contributed by atoms with Crippen molar-refractivity contribution < 1.29 is 30.8 Å². The van der Waals surface area contributed by atoms with Crippen LogP contribution >= 0.6 is 0 Å². The number of nitrogens with zero attached hydrogens (tertiary/aromatic N) is 2. The number of sulfonamides is 1. The van der Waals surface area contributed by atoms with Gasteiger partial charge in [0.05, 0.1) is 5.56 Å². The summed E-state index contributed by atoms with van der Waals surface area (Å²) in [5, 5.41) is 6.29. The van der Waals surface area contributed by atoms with Crippen LogP contribution < -0.4 is 10.0 Å². The first kappa shape index (κ1) is 22.3. The standard InChI is InChI=1S/C19H16F4N4O3S/c1-11-8-14(25-18(28)16-6-7-24-27(16)2)10-15(20)17(11)31(29,30)26-13-5-3-4-12(9-13)19(21,22)23/h3-10,26H,1-2H3,(H,25,28). The van der Waals surface area contributed by atoms with Gasteiger partial charge in [-0.3, -0.25) is 14.2 Å². The molecule has 0 saturated heterocycles. The Morgan fingerprint density at radius 3 is 2.39 bits per heavy atom. The van der Waals surface area contributed by atoms with Crippen molar-refractivity contribution >= 4 is 27.3 Å². The van der Waals surface area contributed by atoms with Crippen LogP contribution in [0.15, 0.2) is 53.6 Å². The number of hydrogen-bond acceptors (Lipinski definition) is 4. The van der Waals surface area contributed by atoms with Crippen LogP contribution in [0.1, 0.15) is 21.6 Å². The average Bonchev–Trinajstić information content (AvgIpc) is 3.06. The number of aryl methyl sites for hydroxylation is 2. The highest BCUT2D eigenvalue weighted by atomic mass is 32.2. The van der Waals surface area contributed by atoms with E-state index in [9.17, 15) is 30.8 Å². The zero-order valence-corrected chi connectivity index (χ0v) is 17.0. The molecule has 0 radical (unpaired) electrons. The summed E-state index contributed by atoms with van der Waals surface area (Å²) in [6, 6.07) is 7.01. The first-order valence-corrected chi connectivity index (χ1v) is 10.2. The summed E-state index contributed by atoms with van der Waals surface area (Å²) >= 11 is 0. The normalized spacial score (nSPS) is 11.9. The Kier molecular flexibility index (Phi) is 5.77. The molecule has 0 bridgehead atoms. The molecular weight excluding hydrogens is 440 g/mol. The van der Waals surface area contributed by atoms with Crippen LogP contribution in [-0.4, -0.2) is 24.1 Å². The minimum absolute atomic E-state index is 0.000723. The highest BCUT2D eigenvalue weighted by Crippen LogP contribution is 2.32. The minimum Gasteiger partial charge on any atom is -0.321 e. The smallest absolute Gasteiger partial charge is 0.321 e. The lowest BCUT2D eigenvalue weighted by molar-refractivity contribution is -0.137. The van der Waals surface area contributed by atoms with Crippen molar-refractivity contribution in [3.8, 4) is 0 Å². The first-order valence-electron chi connectivity index (χ1n) is 8.68. The summed E-state index contributed by atoms with van der Waals surface area (Å²) in [5.41, 5.74) is -1.29. The van der Waals surface area contributed by atoms with Crippen LogP contribution in [0.4, 0.5) is 28.9 Å². The number of benzene rings is 2. The van der Waals surface area contributed by atoms with Crippen molar-refractivity contribution in [3.63, 3.8) is 0 Å². The Balaban J connectivity index is 1.89. The van der Waals surface area contributed by atoms with Crippen LogP contribution in [0.2, 0.25) is 0 Å². The molecule has 0 spiro atoms. The van der Waals surface area contributed by atoms with E-state index in [1.165, 1.54) is 37.0 Å². The van der Waals surface area contributed by atoms with Gasteiger partial charge < -0.3 is 5.32 Å². The highest BCUT2D eigenvalue weighted by molar-refractivity contribution is 7.92. The first-order chi connectivity index (χ1) is 14.4. The van der Waals surface area contributed by atoms with Crippen LogP contribution in [0.5, 0.6) is 0 Å². The molecule has 164 valence electrons. The summed E-state index contributed by atoms with van der Waals surface area (Å²) in [7, 11) is -3.01. The van der Waals surface area contributed by atoms with Gasteiger partial charge in [-0.1, -0.05) is 6.07 Å². The van der Waals surface area contributed by atoms with Crippen molar-refractivity contribution in [1.82, 2.24) is 9.78 Å². The second-order valence-electron chi connectivity index (χ2n) is 6.58. The van der Waals surface area contributed by atoms with Crippen molar-refractivity contribution in [2.75, 3.05) is 10.0 Å². The Morgan fingerprint density at radius 1 is 1.10 bits per heavy atom. The number of nitrogens with one attached hydrogen (secondary N) is 2. The lowest BCUT2D eigenvalue weighted by Gasteiger charge is -2.14. The largest absolute Gasteiger partial charge is 0.416 e. The van der Waals surface area contributed by atoms with E-state index in [0.29, 0.717) is 6.07 Å². The van der Waals surface area contributed by atoms with Crippen molar-refractivity contribution in [2.24, 2.45) is 7.05 Å². The zero-order chi connectivity index (χ0) is 23.0. The number of anilines is 2. The van der Waals surface area contributed by atoms with E-state index in [1.807, 2.05) is 4.72 Å². The molecule has 0 aliphatic heterocycles. The second-order valence-corrected chi connectivity index (χ2v) is 8.20. The number of carbonyl (C=O) groups excluding carboxylic acids is 1. The monoisotopic (exact) mass is 456 g/mol. The maximum Gasteiger partial charge on any atom is 0.416 e. The maximum atomic E-state index is 14.7. The van der Waals surface area contributed by atoms with Crippen LogP contribution in [0.25, 0.3) is 0 Å². The van der Waals surface area contributed by atoms with Gasteiger partial charge in [-0.25, -0.2) is 12.8 Å². The van der Waals surface area contributed by atoms with Crippen molar-refractivity contribution in [2.45, 2.75) is 18.0 Å². The molecule has 0 saturated carbocycles. The molecule has 0 aliphatic rings. The molecule has 1 heterocycles. The summed E-state index contributed by atoms with van der Waals surface area (Å²) < 4.78 is 81.8. The Hall–Kier alpha value is -3.41. The minimum atomic E-state index is -4.67. The number of amides is 1. The molecule has 0 aliphatic carbocycles. The quantitative estimate of drug-likeness (QED) is 0.569. The summed E-state index contributed by atoms with van der Waals surface area (Å²) in [6.07, 6.45) is -3.27. The topological polar surface area (TPSA) is 93.1 Å². The molecule has 2 N–H and O–H groups in total. The SMILES string of the molecule is Cc1cc(NC(=O)c2ccnn2C)cc(F)c1S(=O)(=O)Nc1cccc(C(F)(F)F)c1. The predicted molar refractivity (Wildman–Crippen MR) is 105 cm³/mol.